The summed E-state index contributed by atoms with van der Waals surface area (Å²) in [5.41, 5.74) is 1.71. The minimum absolute atomic E-state index is 0.380. The van der Waals surface area contributed by atoms with E-state index in [0.717, 1.165) is 11.3 Å². The number of nitrogens with zero attached hydrogens (tertiary/aromatic N) is 1. The van der Waals surface area contributed by atoms with Gasteiger partial charge in [0.1, 0.15) is 6.54 Å². The van der Waals surface area contributed by atoms with Gasteiger partial charge < -0.3 is 10.4 Å². The molecule has 0 saturated heterocycles. The summed E-state index contributed by atoms with van der Waals surface area (Å²) in [7, 11) is 1.60. The third-order valence-electron chi connectivity index (χ3n) is 2.17. The molecule has 0 radical (unpaired) electrons. The van der Waals surface area contributed by atoms with Crippen LogP contribution in [0.1, 0.15) is 5.56 Å². The minimum atomic E-state index is -1.06. The molecule has 0 aliphatic heterocycles. The zero-order valence-electron chi connectivity index (χ0n) is 9.23. The van der Waals surface area contributed by atoms with Crippen molar-refractivity contribution < 1.29 is 14.7 Å². The highest BCUT2D eigenvalue weighted by Crippen LogP contribution is 2.17. The van der Waals surface area contributed by atoms with E-state index < -0.39 is 12.0 Å². The van der Waals surface area contributed by atoms with Gasteiger partial charge in [-0.3, -0.25) is 9.69 Å². The van der Waals surface area contributed by atoms with Crippen LogP contribution in [0.25, 0.3) is 0 Å². The predicted molar refractivity (Wildman–Crippen MR) is 60.6 cm³/mol. The van der Waals surface area contributed by atoms with Crippen molar-refractivity contribution in [3.63, 3.8) is 0 Å². The lowest BCUT2D eigenvalue weighted by molar-refractivity contribution is -0.135. The standard InChI is InChI=1S/C11H14N2O3/c1-8-5-3-4-6-9(8)13(2)11(16)12-7-10(14)15/h3-6H,7H2,1-2H3,(H,12,16)(H,14,15). The summed E-state index contributed by atoms with van der Waals surface area (Å²) < 4.78 is 0. The Labute approximate surface area is 93.7 Å². The van der Waals surface area contributed by atoms with E-state index in [9.17, 15) is 9.59 Å². The van der Waals surface area contributed by atoms with Crippen LogP contribution in [0.15, 0.2) is 24.3 Å². The van der Waals surface area contributed by atoms with Crippen molar-refractivity contribution in [3.05, 3.63) is 29.8 Å². The van der Waals surface area contributed by atoms with Crippen molar-refractivity contribution in [3.8, 4) is 0 Å². The van der Waals surface area contributed by atoms with E-state index in [2.05, 4.69) is 5.32 Å². The Morgan fingerprint density at radius 1 is 1.38 bits per heavy atom. The van der Waals surface area contributed by atoms with Crippen LogP contribution in [-0.4, -0.2) is 30.7 Å². The Morgan fingerprint density at radius 3 is 2.56 bits per heavy atom. The predicted octanol–water partition coefficient (Wildman–Crippen LogP) is 1.23. The van der Waals surface area contributed by atoms with Crippen LogP contribution >= 0.6 is 0 Å². The van der Waals surface area contributed by atoms with Gasteiger partial charge in [0.25, 0.3) is 0 Å². The molecule has 0 aliphatic carbocycles. The summed E-state index contributed by atoms with van der Waals surface area (Å²) in [6, 6.07) is 6.95. The van der Waals surface area contributed by atoms with Gasteiger partial charge in [-0.05, 0) is 18.6 Å². The number of para-hydroxylation sites is 1. The molecule has 16 heavy (non-hydrogen) atoms. The number of hydrogen-bond donors (Lipinski definition) is 2. The van der Waals surface area contributed by atoms with Crippen molar-refractivity contribution in [2.75, 3.05) is 18.5 Å². The summed E-state index contributed by atoms with van der Waals surface area (Å²) in [4.78, 5) is 23.2. The van der Waals surface area contributed by atoms with Crippen LogP contribution in [0.3, 0.4) is 0 Å². The number of rotatable bonds is 3. The maximum atomic E-state index is 11.6. The number of nitrogens with one attached hydrogen (secondary N) is 1. The first-order valence-corrected chi connectivity index (χ1v) is 4.81. The monoisotopic (exact) mass is 222 g/mol. The van der Waals surface area contributed by atoms with Crippen LogP contribution < -0.4 is 10.2 Å². The number of benzene rings is 1. The molecular weight excluding hydrogens is 208 g/mol. The molecule has 5 heteroatoms. The average Bonchev–Trinajstić information content (AvgIpc) is 2.25. The minimum Gasteiger partial charge on any atom is -0.480 e. The summed E-state index contributed by atoms with van der Waals surface area (Å²) in [6.45, 7) is 1.51. The fraction of sp³-hybridized carbons (Fsp3) is 0.273. The van der Waals surface area contributed by atoms with E-state index in [4.69, 9.17) is 5.11 Å². The van der Waals surface area contributed by atoms with E-state index in [1.54, 1.807) is 13.1 Å². The molecule has 0 aliphatic rings. The molecule has 86 valence electrons. The second-order valence-electron chi connectivity index (χ2n) is 3.40. The van der Waals surface area contributed by atoms with Crippen LogP contribution in [0.5, 0.6) is 0 Å². The summed E-state index contributed by atoms with van der Waals surface area (Å²) >= 11 is 0. The quantitative estimate of drug-likeness (QED) is 0.808. The van der Waals surface area contributed by atoms with Crippen molar-refractivity contribution in [2.45, 2.75) is 6.92 Å². The van der Waals surface area contributed by atoms with Gasteiger partial charge in [0, 0.05) is 12.7 Å². The molecule has 0 bridgehead atoms. The van der Waals surface area contributed by atoms with Gasteiger partial charge in [-0.15, -0.1) is 0 Å². The smallest absolute Gasteiger partial charge is 0.323 e. The molecule has 0 atom stereocenters. The number of carbonyl (C=O) groups excluding carboxylic acids is 1. The van der Waals surface area contributed by atoms with Gasteiger partial charge in [-0.25, -0.2) is 4.79 Å². The Hall–Kier alpha value is -2.04. The van der Waals surface area contributed by atoms with Gasteiger partial charge in [-0.2, -0.15) is 0 Å². The van der Waals surface area contributed by atoms with Crippen molar-refractivity contribution in [2.24, 2.45) is 0 Å². The van der Waals surface area contributed by atoms with Crippen molar-refractivity contribution in [1.29, 1.82) is 0 Å². The Kier molecular flexibility index (Phi) is 3.88. The summed E-state index contributed by atoms with van der Waals surface area (Å²) in [5, 5.41) is 10.7. The third kappa shape index (κ3) is 2.98. The number of hydrogen-bond acceptors (Lipinski definition) is 2. The molecule has 0 heterocycles. The SMILES string of the molecule is Cc1ccccc1N(C)C(=O)NCC(=O)O. The van der Waals surface area contributed by atoms with Gasteiger partial charge in [0.2, 0.25) is 0 Å². The van der Waals surface area contributed by atoms with Crippen LogP contribution in [-0.2, 0) is 4.79 Å². The average molecular weight is 222 g/mol. The fourth-order valence-electron chi connectivity index (χ4n) is 1.32. The Bertz CT molecular complexity index is 404. The van der Waals surface area contributed by atoms with Crippen LogP contribution in [0.4, 0.5) is 10.5 Å². The molecule has 2 amide bonds. The molecule has 0 unspecified atom stereocenters. The number of carboxylic acids is 1. The van der Waals surface area contributed by atoms with Crippen LogP contribution in [0.2, 0.25) is 0 Å². The number of amides is 2. The number of urea groups is 1. The van der Waals surface area contributed by atoms with E-state index >= 15 is 0 Å². The van der Waals surface area contributed by atoms with Gasteiger partial charge in [-0.1, -0.05) is 18.2 Å². The lowest BCUT2D eigenvalue weighted by Crippen LogP contribution is -2.40. The molecule has 0 fully saturated rings. The first kappa shape index (κ1) is 12.0. The summed E-state index contributed by atoms with van der Waals surface area (Å²) in [5.74, 6) is -1.06. The molecule has 0 saturated carbocycles. The van der Waals surface area contributed by atoms with Crippen molar-refractivity contribution in [1.82, 2.24) is 5.32 Å². The van der Waals surface area contributed by atoms with E-state index in [1.807, 2.05) is 25.1 Å². The van der Waals surface area contributed by atoms with Gasteiger partial charge in [0.05, 0.1) is 0 Å². The second-order valence-corrected chi connectivity index (χ2v) is 3.40. The largest absolute Gasteiger partial charge is 0.480 e. The molecule has 1 aromatic carbocycles. The molecule has 2 N–H and O–H groups in total. The van der Waals surface area contributed by atoms with E-state index in [-0.39, 0.29) is 6.54 Å². The van der Waals surface area contributed by atoms with E-state index in [0.29, 0.717) is 0 Å². The molecular formula is C11H14N2O3. The number of carboxylic acid groups (broad SMARTS) is 1. The molecule has 5 nitrogen and oxygen atoms in total. The highest BCUT2D eigenvalue weighted by atomic mass is 16.4. The third-order valence-corrected chi connectivity index (χ3v) is 2.17. The number of carbonyl (C=O) groups is 2. The number of aliphatic carboxylic acids is 1. The summed E-state index contributed by atoms with van der Waals surface area (Å²) in [6.07, 6.45) is 0. The fourth-order valence-corrected chi connectivity index (χ4v) is 1.32. The lowest BCUT2D eigenvalue weighted by atomic mass is 10.2. The molecule has 1 rings (SSSR count). The second kappa shape index (κ2) is 5.16. The molecule has 0 spiro atoms. The highest BCUT2D eigenvalue weighted by Gasteiger charge is 2.12. The van der Waals surface area contributed by atoms with Crippen LogP contribution in [0, 0.1) is 6.92 Å². The number of aryl methyl sites for hydroxylation is 1. The highest BCUT2D eigenvalue weighted by molar-refractivity contribution is 5.93. The maximum absolute atomic E-state index is 11.6. The first-order chi connectivity index (χ1) is 7.52. The van der Waals surface area contributed by atoms with Gasteiger partial charge in [0.15, 0.2) is 0 Å². The first-order valence-electron chi connectivity index (χ1n) is 4.81. The Morgan fingerprint density at radius 2 is 2.00 bits per heavy atom. The Balaban J connectivity index is 2.71. The topological polar surface area (TPSA) is 69.6 Å². The zero-order chi connectivity index (χ0) is 12.1. The molecule has 1 aromatic rings. The zero-order valence-corrected chi connectivity index (χ0v) is 9.23. The molecule has 0 aromatic heterocycles. The van der Waals surface area contributed by atoms with Crippen molar-refractivity contribution >= 4 is 17.7 Å². The van der Waals surface area contributed by atoms with E-state index in [1.165, 1.54) is 4.90 Å². The normalized spacial score (nSPS) is 9.62. The lowest BCUT2D eigenvalue weighted by Gasteiger charge is -2.19. The number of anilines is 1. The maximum Gasteiger partial charge on any atom is 0.323 e. The van der Waals surface area contributed by atoms with Gasteiger partial charge >= 0.3 is 12.0 Å².